The number of nitrogens with one attached hydrogen (secondary N) is 3. The van der Waals surface area contributed by atoms with Crippen molar-refractivity contribution >= 4 is 22.8 Å². The lowest BCUT2D eigenvalue weighted by molar-refractivity contribution is 0.0527. The van der Waals surface area contributed by atoms with E-state index in [9.17, 15) is 4.79 Å². The molecule has 2 aromatic heterocycles. The summed E-state index contributed by atoms with van der Waals surface area (Å²) in [6, 6.07) is 1.49. The highest BCUT2D eigenvalue weighted by molar-refractivity contribution is 6.02. The second-order valence-electron chi connectivity index (χ2n) is 6.32. The molecule has 0 spiro atoms. The number of aromatic amines is 1. The summed E-state index contributed by atoms with van der Waals surface area (Å²) in [4.78, 5) is 23.9. The molecule has 2 aliphatic heterocycles. The maximum Gasteiger partial charge on any atom is 0.341 e. The third-order valence-corrected chi connectivity index (χ3v) is 4.76. The first-order chi connectivity index (χ1) is 11.2. The largest absolute Gasteiger partial charge is 0.462 e. The first-order valence-electron chi connectivity index (χ1n) is 8.26. The number of pyridine rings is 1. The van der Waals surface area contributed by atoms with E-state index in [1.54, 1.807) is 19.4 Å². The van der Waals surface area contributed by atoms with E-state index in [4.69, 9.17) is 4.74 Å². The number of H-pyrrole nitrogens is 1. The molecule has 3 N–H and O–H groups in total. The number of nitrogens with zero attached hydrogens (tertiary/aromatic N) is 2. The van der Waals surface area contributed by atoms with Crippen LogP contribution in [0.25, 0.3) is 11.2 Å². The van der Waals surface area contributed by atoms with Crippen molar-refractivity contribution < 1.29 is 9.53 Å². The Labute approximate surface area is 134 Å². The molecule has 2 fully saturated rings. The van der Waals surface area contributed by atoms with Gasteiger partial charge in [0, 0.05) is 24.3 Å². The molecule has 0 radical (unpaired) electrons. The molecule has 2 bridgehead atoms. The Morgan fingerprint density at radius 2 is 2.13 bits per heavy atom. The van der Waals surface area contributed by atoms with Gasteiger partial charge in [0.25, 0.3) is 0 Å². The molecule has 122 valence electrons. The molecule has 7 heteroatoms. The average molecular weight is 315 g/mol. The van der Waals surface area contributed by atoms with Crippen LogP contribution in [0.5, 0.6) is 0 Å². The van der Waals surface area contributed by atoms with E-state index in [0.717, 1.165) is 18.5 Å². The fourth-order valence-electron chi connectivity index (χ4n) is 3.78. The highest BCUT2D eigenvalue weighted by atomic mass is 16.5. The Balaban J connectivity index is 1.67. The van der Waals surface area contributed by atoms with Crippen LogP contribution < -0.4 is 10.6 Å². The topological polar surface area (TPSA) is 91.9 Å². The zero-order valence-corrected chi connectivity index (χ0v) is 13.1. The Bertz CT molecular complexity index is 716. The van der Waals surface area contributed by atoms with Crippen LogP contribution in [0.4, 0.5) is 5.69 Å². The van der Waals surface area contributed by atoms with Crippen molar-refractivity contribution in [2.24, 2.45) is 0 Å². The van der Waals surface area contributed by atoms with Crippen molar-refractivity contribution in [2.75, 3.05) is 11.9 Å². The van der Waals surface area contributed by atoms with Gasteiger partial charge in [0.05, 0.1) is 18.6 Å². The lowest BCUT2D eigenvalue weighted by Gasteiger charge is -2.30. The number of hydrogen-bond donors (Lipinski definition) is 3. The summed E-state index contributed by atoms with van der Waals surface area (Å²) in [5.74, 6) is -0.357. The van der Waals surface area contributed by atoms with E-state index in [0.29, 0.717) is 41.5 Å². The number of hydrogen-bond acceptors (Lipinski definition) is 6. The molecule has 4 heterocycles. The van der Waals surface area contributed by atoms with Crippen LogP contribution in [0.2, 0.25) is 0 Å². The van der Waals surface area contributed by atoms with Crippen molar-refractivity contribution in [2.45, 2.75) is 50.7 Å². The van der Waals surface area contributed by atoms with E-state index >= 15 is 0 Å². The lowest BCUT2D eigenvalue weighted by atomic mass is 9.99. The summed E-state index contributed by atoms with van der Waals surface area (Å²) < 4.78 is 5.17. The van der Waals surface area contributed by atoms with Gasteiger partial charge in [-0.05, 0) is 32.6 Å². The molecule has 0 saturated carbocycles. The van der Waals surface area contributed by atoms with Gasteiger partial charge >= 0.3 is 5.97 Å². The Morgan fingerprint density at radius 3 is 2.87 bits per heavy atom. The van der Waals surface area contributed by atoms with Gasteiger partial charge in [0.15, 0.2) is 5.65 Å². The molecular formula is C16H21N5O2. The van der Waals surface area contributed by atoms with Gasteiger partial charge in [0.1, 0.15) is 11.1 Å². The molecule has 4 rings (SSSR count). The Morgan fingerprint density at radius 1 is 1.35 bits per heavy atom. The number of ether oxygens (including phenoxy) is 1. The minimum atomic E-state index is -0.357. The number of anilines is 1. The van der Waals surface area contributed by atoms with Gasteiger partial charge < -0.3 is 20.4 Å². The number of imidazole rings is 1. The normalized spacial score (nSPS) is 26.4. The molecular weight excluding hydrogens is 294 g/mol. The number of fused-ring (bicyclic) bond motifs is 3. The first kappa shape index (κ1) is 14.4. The maximum absolute atomic E-state index is 12.3. The third kappa shape index (κ3) is 2.65. The summed E-state index contributed by atoms with van der Waals surface area (Å²) in [5.41, 5.74) is 2.57. The smallest absolute Gasteiger partial charge is 0.341 e. The second-order valence-corrected chi connectivity index (χ2v) is 6.32. The second kappa shape index (κ2) is 5.81. The van der Waals surface area contributed by atoms with Crippen LogP contribution in [0.15, 0.2) is 12.5 Å². The van der Waals surface area contributed by atoms with Crippen molar-refractivity contribution in [1.82, 2.24) is 20.3 Å². The van der Waals surface area contributed by atoms with Crippen molar-refractivity contribution in [3.63, 3.8) is 0 Å². The number of rotatable bonds is 4. The van der Waals surface area contributed by atoms with Crippen LogP contribution in [0.3, 0.4) is 0 Å². The Hall–Kier alpha value is -2.15. The summed E-state index contributed by atoms with van der Waals surface area (Å²) in [5, 5.41) is 7.19. The van der Waals surface area contributed by atoms with Crippen molar-refractivity contribution in [3.05, 3.63) is 18.1 Å². The minimum Gasteiger partial charge on any atom is -0.462 e. The van der Waals surface area contributed by atoms with Gasteiger partial charge in [-0.15, -0.1) is 0 Å². The number of aromatic nitrogens is 3. The number of piperidine rings is 1. The van der Waals surface area contributed by atoms with Gasteiger partial charge in [-0.2, -0.15) is 0 Å². The predicted molar refractivity (Wildman–Crippen MR) is 86.4 cm³/mol. The number of esters is 1. The fraction of sp³-hybridized carbons (Fsp3) is 0.562. The van der Waals surface area contributed by atoms with E-state index in [1.165, 1.54) is 12.8 Å². The van der Waals surface area contributed by atoms with E-state index < -0.39 is 0 Å². The van der Waals surface area contributed by atoms with Crippen LogP contribution in [-0.2, 0) is 4.74 Å². The van der Waals surface area contributed by atoms with Gasteiger partial charge in [-0.25, -0.2) is 14.8 Å². The Kier molecular flexibility index (Phi) is 3.65. The average Bonchev–Trinajstić information content (AvgIpc) is 3.14. The van der Waals surface area contributed by atoms with E-state index in [1.807, 2.05) is 0 Å². The third-order valence-electron chi connectivity index (χ3n) is 4.76. The van der Waals surface area contributed by atoms with Crippen LogP contribution >= 0.6 is 0 Å². The molecule has 2 aromatic rings. The molecule has 0 unspecified atom stereocenters. The number of carbonyl (C=O) groups is 1. The highest BCUT2D eigenvalue weighted by Gasteiger charge is 2.34. The van der Waals surface area contributed by atoms with Crippen molar-refractivity contribution in [1.29, 1.82) is 0 Å². The summed E-state index contributed by atoms with van der Waals surface area (Å²) in [6.07, 6.45) is 7.77. The molecule has 3 atom stereocenters. The van der Waals surface area contributed by atoms with E-state index in [2.05, 4.69) is 25.6 Å². The molecule has 0 aromatic carbocycles. The minimum absolute atomic E-state index is 0.337. The molecule has 0 aliphatic carbocycles. The van der Waals surface area contributed by atoms with Crippen LogP contribution in [0.1, 0.15) is 43.0 Å². The van der Waals surface area contributed by atoms with Gasteiger partial charge in [0.2, 0.25) is 0 Å². The van der Waals surface area contributed by atoms with Crippen molar-refractivity contribution in [3.8, 4) is 0 Å². The molecule has 2 aliphatic rings. The fourth-order valence-corrected chi connectivity index (χ4v) is 3.78. The first-order valence-corrected chi connectivity index (χ1v) is 8.26. The summed E-state index contributed by atoms with van der Waals surface area (Å²) >= 11 is 0. The quantitative estimate of drug-likeness (QED) is 0.746. The predicted octanol–water partition coefficient (Wildman–Crippen LogP) is 1.83. The number of carbonyl (C=O) groups excluding carboxylic acids is 1. The van der Waals surface area contributed by atoms with Gasteiger partial charge in [-0.1, -0.05) is 0 Å². The molecule has 2 saturated heterocycles. The molecule has 7 nitrogen and oxygen atoms in total. The molecule has 0 amide bonds. The zero-order valence-electron chi connectivity index (χ0n) is 13.1. The summed E-state index contributed by atoms with van der Waals surface area (Å²) in [6.45, 7) is 2.14. The zero-order chi connectivity index (χ0) is 15.8. The van der Waals surface area contributed by atoms with Crippen LogP contribution in [0, 0.1) is 0 Å². The van der Waals surface area contributed by atoms with Crippen LogP contribution in [-0.4, -0.2) is 45.7 Å². The highest BCUT2D eigenvalue weighted by Crippen LogP contribution is 2.31. The summed E-state index contributed by atoms with van der Waals surface area (Å²) in [7, 11) is 0. The standard InChI is InChI=1S/C16H21N5O2/c1-2-23-16(22)12-7-17-15-14(18-8-19-15)13(12)21-11-5-9-3-4-10(6-11)20-9/h7-11,20H,2-6H2,1H3,(H2,17,18,19,21)/t9-,10+,11-. The lowest BCUT2D eigenvalue weighted by Crippen LogP contribution is -2.43. The monoisotopic (exact) mass is 315 g/mol. The van der Waals surface area contributed by atoms with Gasteiger partial charge in [-0.3, -0.25) is 0 Å². The maximum atomic E-state index is 12.3. The van der Waals surface area contributed by atoms with E-state index in [-0.39, 0.29) is 5.97 Å². The SMILES string of the molecule is CCOC(=O)c1cnc2[nH]cnc2c1N[C@@H]1C[C@H]2CC[C@@H](C1)N2. The molecule has 23 heavy (non-hydrogen) atoms.